The normalized spacial score (nSPS) is 20.5. The van der Waals surface area contributed by atoms with Crippen molar-refractivity contribution in [3.8, 4) is 11.3 Å². The van der Waals surface area contributed by atoms with E-state index in [1.807, 2.05) is 30.5 Å². The fourth-order valence-corrected chi connectivity index (χ4v) is 3.99. The number of allylic oxidation sites excluding steroid dienone is 2. The number of hydrogen-bond donors (Lipinski definition) is 0. The molecule has 0 radical (unpaired) electrons. The minimum atomic E-state index is 0.765. The topological polar surface area (TPSA) is 12.9 Å². The maximum atomic E-state index is 5.96. The molecule has 1 nitrogen and oxygen atoms in total. The molecule has 26 heavy (non-hydrogen) atoms. The van der Waals surface area contributed by atoms with E-state index in [9.17, 15) is 0 Å². The number of halogens is 1. The molecule has 2 aromatic rings. The van der Waals surface area contributed by atoms with Crippen LogP contribution in [-0.2, 0) is 6.42 Å². The second-order valence-corrected chi connectivity index (χ2v) is 8.03. The molecule has 1 saturated carbocycles. The predicted octanol–water partition coefficient (Wildman–Crippen LogP) is 7.50. The molecule has 1 heterocycles. The predicted molar refractivity (Wildman–Crippen MR) is 113 cm³/mol. The number of benzene rings is 1. The molecule has 0 spiro atoms. The van der Waals surface area contributed by atoms with Gasteiger partial charge in [0.1, 0.15) is 0 Å². The zero-order valence-electron chi connectivity index (χ0n) is 15.8. The highest BCUT2D eigenvalue weighted by Gasteiger charge is 2.19. The number of hydrogen-bond acceptors (Lipinski definition) is 1. The fraction of sp³-hybridized carbons (Fsp3) is 0.458. The van der Waals surface area contributed by atoms with E-state index in [1.165, 1.54) is 50.5 Å². The molecule has 0 unspecified atom stereocenters. The third-order valence-electron chi connectivity index (χ3n) is 5.56. The molecular formula is C24H30ClN. The number of nitrogens with zero attached hydrogens (tertiary/aromatic N) is 1. The van der Waals surface area contributed by atoms with E-state index in [4.69, 9.17) is 11.6 Å². The van der Waals surface area contributed by atoms with E-state index in [0.717, 1.165) is 34.5 Å². The Kier molecular flexibility index (Phi) is 7.32. The monoisotopic (exact) mass is 367 g/mol. The van der Waals surface area contributed by atoms with Gasteiger partial charge in [0.2, 0.25) is 0 Å². The number of pyridine rings is 1. The lowest BCUT2D eigenvalue weighted by Crippen LogP contribution is -2.13. The standard InChI is InChI=1S/C24H30ClN/c1-2-3-4-5-19-6-8-20(9-7-19)10-11-21-12-17-24(26-18-21)22-13-15-23(25)16-14-22/h4-5,12-20H,2-3,6-11H2,1H3/b5-4+. The Morgan fingerprint density at radius 1 is 1.04 bits per heavy atom. The molecule has 1 aliphatic carbocycles. The van der Waals surface area contributed by atoms with Crippen molar-refractivity contribution >= 4 is 11.6 Å². The van der Waals surface area contributed by atoms with Gasteiger partial charge in [-0.3, -0.25) is 4.98 Å². The van der Waals surface area contributed by atoms with Gasteiger partial charge in [0.05, 0.1) is 5.69 Å². The first-order chi connectivity index (χ1) is 12.7. The van der Waals surface area contributed by atoms with Crippen molar-refractivity contribution in [2.24, 2.45) is 11.8 Å². The maximum absolute atomic E-state index is 5.96. The van der Waals surface area contributed by atoms with E-state index < -0.39 is 0 Å². The highest BCUT2D eigenvalue weighted by Crippen LogP contribution is 2.32. The van der Waals surface area contributed by atoms with Gasteiger partial charge in [-0.05, 0) is 80.5 Å². The summed E-state index contributed by atoms with van der Waals surface area (Å²) in [6.07, 6.45) is 17.4. The Balaban J connectivity index is 1.45. The van der Waals surface area contributed by atoms with Crippen LogP contribution in [0.25, 0.3) is 11.3 Å². The molecule has 0 amide bonds. The lowest BCUT2D eigenvalue weighted by molar-refractivity contribution is 0.296. The van der Waals surface area contributed by atoms with Crippen molar-refractivity contribution in [1.29, 1.82) is 0 Å². The van der Waals surface area contributed by atoms with Gasteiger partial charge in [-0.2, -0.15) is 0 Å². The third kappa shape index (κ3) is 5.71. The second kappa shape index (κ2) is 9.92. The van der Waals surface area contributed by atoms with Gasteiger partial charge < -0.3 is 0 Å². The van der Waals surface area contributed by atoms with Crippen LogP contribution in [0.1, 0.15) is 57.4 Å². The maximum Gasteiger partial charge on any atom is 0.0702 e. The highest BCUT2D eigenvalue weighted by molar-refractivity contribution is 6.30. The smallest absolute Gasteiger partial charge is 0.0702 e. The largest absolute Gasteiger partial charge is 0.256 e. The Bertz CT molecular complexity index is 679. The van der Waals surface area contributed by atoms with Crippen molar-refractivity contribution in [2.45, 2.75) is 58.3 Å². The molecule has 0 N–H and O–H groups in total. The molecule has 0 bridgehead atoms. The Morgan fingerprint density at radius 3 is 2.46 bits per heavy atom. The first-order valence-corrected chi connectivity index (χ1v) is 10.5. The zero-order valence-corrected chi connectivity index (χ0v) is 16.6. The van der Waals surface area contributed by atoms with Crippen molar-refractivity contribution in [1.82, 2.24) is 4.98 Å². The van der Waals surface area contributed by atoms with Gasteiger partial charge in [0.15, 0.2) is 0 Å². The van der Waals surface area contributed by atoms with Crippen LogP contribution in [0.5, 0.6) is 0 Å². The van der Waals surface area contributed by atoms with Crippen molar-refractivity contribution in [3.63, 3.8) is 0 Å². The Morgan fingerprint density at radius 2 is 1.81 bits per heavy atom. The van der Waals surface area contributed by atoms with Gasteiger partial charge in [-0.15, -0.1) is 0 Å². The molecule has 3 rings (SSSR count). The number of unbranched alkanes of at least 4 members (excludes halogenated alkanes) is 1. The van der Waals surface area contributed by atoms with Crippen LogP contribution in [0.3, 0.4) is 0 Å². The fourth-order valence-electron chi connectivity index (χ4n) is 3.86. The molecule has 1 fully saturated rings. The molecule has 1 aromatic carbocycles. The van der Waals surface area contributed by atoms with Crippen LogP contribution in [0, 0.1) is 11.8 Å². The van der Waals surface area contributed by atoms with Gasteiger partial charge in [-0.1, -0.05) is 55.3 Å². The molecule has 1 aromatic heterocycles. The summed E-state index contributed by atoms with van der Waals surface area (Å²) in [7, 11) is 0. The van der Waals surface area contributed by atoms with Crippen molar-refractivity contribution in [3.05, 3.63) is 65.3 Å². The SMILES string of the molecule is CCC/C=C/C1CCC(CCc2ccc(-c3ccc(Cl)cc3)nc2)CC1. The Hall–Kier alpha value is -1.60. The number of rotatable bonds is 7. The lowest BCUT2D eigenvalue weighted by atomic mass is 9.79. The van der Waals surface area contributed by atoms with Crippen LogP contribution in [0.15, 0.2) is 54.7 Å². The van der Waals surface area contributed by atoms with Gasteiger partial charge in [0.25, 0.3) is 0 Å². The van der Waals surface area contributed by atoms with Crippen LogP contribution in [0.4, 0.5) is 0 Å². The average molecular weight is 368 g/mol. The first kappa shape index (κ1) is 19.2. The first-order valence-electron chi connectivity index (χ1n) is 10.1. The lowest BCUT2D eigenvalue weighted by Gasteiger charge is -2.26. The number of aryl methyl sites for hydroxylation is 1. The summed E-state index contributed by atoms with van der Waals surface area (Å²) in [6, 6.07) is 12.3. The minimum Gasteiger partial charge on any atom is -0.256 e. The Labute approximate surface area is 163 Å². The van der Waals surface area contributed by atoms with Gasteiger partial charge >= 0.3 is 0 Å². The van der Waals surface area contributed by atoms with E-state index in [0.29, 0.717) is 0 Å². The average Bonchev–Trinajstić information content (AvgIpc) is 2.69. The summed E-state index contributed by atoms with van der Waals surface area (Å²) in [5.74, 6) is 1.72. The summed E-state index contributed by atoms with van der Waals surface area (Å²) >= 11 is 5.96. The van der Waals surface area contributed by atoms with Crippen LogP contribution in [-0.4, -0.2) is 4.98 Å². The summed E-state index contributed by atoms with van der Waals surface area (Å²) in [6.45, 7) is 2.25. The summed E-state index contributed by atoms with van der Waals surface area (Å²) < 4.78 is 0. The van der Waals surface area contributed by atoms with Crippen molar-refractivity contribution < 1.29 is 0 Å². The summed E-state index contributed by atoms with van der Waals surface area (Å²) in [5, 5.41) is 0.765. The van der Waals surface area contributed by atoms with Crippen LogP contribution >= 0.6 is 11.6 Å². The van der Waals surface area contributed by atoms with Gasteiger partial charge in [0, 0.05) is 16.8 Å². The molecule has 138 valence electrons. The molecule has 0 saturated heterocycles. The van der Waals surface area contributed by atoms with E-state index in [1.54, 1.807) is 0 Å². The quantitative estimate of drug-likeness (QED) is 0.461. The minimum absolute atomic E-state index is 0.765. The summed E-state index contributed by atoms with van der Waals surface area (Å²) in [5.41, 5.74) is 3.49. The van der Waals surface area contributed by atoms with Crippen LogP contribution in [0.2, 0.25) is 5.02 Å². The molecule has 0 aliphatic heterocycles. The van der Waals surface area contributed by atoms with E-state index in [2.05, 4.69) is 36.2 Å². The van der Waals surface area contributed by atoms with Crippen molar-refractivity contribution in [2.75, 3.05) is 0 Å². The van der Waals surface area contributed by atoms with Crippen LogP contribution < -0.4 is 0 Å². The molecule has 2 heteroatoms. The molecule has 1 aliphatic rings. The summed E-state index contributed by atoms with van der Waals surface area (Å²) in [4.78, 5) is 4.64. The van der Waals surface area contributed by atoms with Gasteiger partial charge in [-0.25, -0.2) is 0 Å². The number of aromatic nitrogens is 1. The van der Waals surface area contributed by atoms with E-state index >= 15 is 0 Å². The zero-order chi connectivity index (χ0) is 18.2. The third-order valence-corrected chi connectivity index (χ3v) is 5.81. The second-order valence-electron chi connectivity index (χ2n) is 7.59. The molecular weight excluding hydrogens is 338 g/mol. The highest BCUT2D eigenvalue weighted by atomic mass is 35.5. The molecule has 0 atom stereocenters. The van der Waals surface area contributed by atoms with E-state index in [-0.39, 0.29) is 0 Å².